The molecule has 0 bridgehead atoms. The van der Waals surface area contributed by atoms with Gasteiger partial charge in [0, 0.05) is 19.6 Å². The van der Waals surface area contributed by atoms with Crippen LogP contribution in [0.1, 0.15) is 25.3 Å². The Morgan fingerprint density at radius 3 is 2.38 bits per heavy atom. The van der Waals surface area contributed by atoms with Crippen LogP contribution in [-0.2, 0) is 0 Å². The van der Waals surface area contributed by atoms with Crippen LogP contribution in [0.3, 0.4) is 0 Å². The van der Waals surface area contributed by atoms with E-state index in [-0.39, 0.29) is 6.10 Å². The van der Waals surface area contributed by atoms with Gasteiger partial charge in [-0.25, -0.2) is 0 Å². The van der Waals surface area contributed by atoms with Crippen molar-refractivity contribution in [2.75, 3.05) is 40.0 Å². The lowest BCUT2D eigenvalue weighted by molar-refractivity contribution is -0.0231. The van der Waals surface area contributed by atoms with Crippen molar-refractivity contribution in [3.8, 4) is 23.0 Å². The van der Waals surface area contributed by atoms with Crippen LogP contribution in [0.2, 0.25) is 0 Å². The number of aryl methyl sites for hydroxylation is 1. The van der Waals surface area contributed by atoms with Crippen LogP contribution in [0.5, 0.6) is 23.0 Å². The fourth-order valence-electron chi connectivity index (χ4n) is 4.93. The Labute approximate surface area is 191 Å². The summed E-state index contributed by atoms with van der Waals surface area (Å²) in [4.78, 5) is 2.45. The normalized spacial score (nSPS) is 25.2. The minimum atomic E-state index is -0.434. The lowest BCUT2D eigenvalue weighted by Gasteiger charge is -2.35. The fraction of sp³-hybridized carbons (Fsp3) is 0.538. The topological polar surface area (TPSA) is 60.4 Å². The molecule has 2 aromatic carbocycles. The third-order valence-corrected chi connectivity index (χ3v) is 6.57. The third-order valence-electron chi connectivity index (χ3n) is 6.57. The van der Waals surface area contributed by atoms with E-state index < -0.39 is 6.10 Å². The Bertz CT molecular complexity index is 871. The van der Waals surface area contributed by atoms with Crippen molar-refractivity contribution < 1.29 is 24.1 Å². The smallest absolute Gasteiger partial charge is 0.161 e. The number of likely N-dealkylation sites (tertiary alicyclic amines) is 1. The molecule has 32 heavy (non-hydrogen) atoms. The van der Waals surface area contributed by atoms with Gasteiger partial charge in [-0.15, -0.1) is 0 Å². The summed E-state index contributed by atoms with van der Waals surface area (Å²) in [5.41, 5.74) is 1.15. The molecule has 2 aromatic rings. The molecule has 0 amide bonds. The van der Waals surface area contributed by atoms with Gasteiger partial charge in [0.05, 0.1) is 19.8 Å². The second kappa shape index (κ2) is 10.5. The molecular formula is C26H35NO5. The van der Waals surface area contributed by atoms with Crippen molar-refractivity contribution in [2.45, 2.75) is 38.9 Å². The number of aliphatic hydroxyl groups is 1. The van der Waals surface area contributed by atoms with Crippen LogP contribution in [0.4, 0.5) is 0 Å². The van der Waals surface area contributed by atoms with E-state index in [0.29, 0.717) is 25.0 Å². The zero-order chi connectivity index (χ0) is 22.5. The van der Waals surface area contributed by atoms with Gasteiger partial charge in [0.1, 0.15) is 24.2 Å². The molecule has 0 aromatic heterocycles. The van der Waals surface area contributed by atoms with Crippen LogP contribution < -0.4 is 18.9 Å². The molecule has 1 saturated heterocycles. The van der Waals surface area contributed by atoms with Crippen LogP contribution in [0.25, 0.3) is 0 Å². The standard InChI is InChI=1S/C26H35NO5/c1-4-30-21-6-8-22(9-7-21)32-25-15-20-17-27(16-19(20)14-23(25)28)11-12-31-24-10-5-18(2)13-26(24)29-3/h5-10,13,19-20,23,25,28H,4,11-12,14-17H2,1-3H3/t19-,20+,23+,25+/m0/s1. The maximum Gasteiger partial charge on any atom is 0.161 e. The van der Waals surface area contributed by atoms with Crippen LogP contribution in [0.15, 0.2) is 42.5 Å². The van der Waals surface area contributed by atoms with Crippen molar-refractivity contribution in [2.24, 2.45) is 11.8 Å². The Morgan fingerprint density at radius 2 is 1.66 bits per heavy atom. The molecule has 1 saturated carbocycles. The average molecular weight is 442 g/mol. The number of fused-ring (bicyclic) bond motifs is 1. The summed E-state index contributed by atoms with van der Waals surface area (Å²) < 4.78 is 23.1. The number of aliphatic hydroxyl groups excluding tert-OH is 1. The molecule has 0 unspecified atom stereocenters. The first-order chi connectivity index (χ1) is 15.6. The maximum absolute atomic E-state index is 10.7. The highest BCUT2D eigenvalue weighted by Gasteiger charge is 2.42. The van der Waals surface area contributed by atoms with Gasteiger partial charge >= 0.3 is 0 Å². The SMILES string of the molecule is CCOc1ccc(O[C@@H]2C[C@@H]3CN(CCOc4ccc(C)cc4OC)C[C@@H]3C[C@H]2O)cc1. The Hall–Kier alpha value is -2.44. The number of ether oxygens (including phenoxy) is 4. The Kier molecular flexibility index (Phi) is 7.43. The van der Waals surface area contributed by atoms with Gasteiger partial charge in [-0.3, -0.25) is 4.90 Å². The predicted molar refractivity (Wildman–Crippen MR) is 124 cm³/mol. The van der Waals surface area contributed by atoms with E-state index in [1.165, 1.54) is 0 Å². The van der Waals surface area contributed by atoms with Crippen molar-refractivity contribution in [3.05, 3.63) is 48.0 Å². The zero-order valence-electron chi connectivity index (χ0n) is 19.3. The van der Waals surface area contributed by atoms with Gasteiger partial charge < -0.3 is 24.1 Å². The molecule has 1 aliphatic carbocycles. The molecule has 6 heteroatoms. The van der Waals surface area contributed by atoms with E-state index in [1.54, 1.807) is 7.11 Å². The zero-order valence-corrected chi connectivity index (χ0v) is 19.3. The molecule has 1 aliphatic heterocycles. The largest absolute Gasteiger partial charge is 0.494 e. The molecule has 174 valence electrons. The van der Waals surface area contributed by atoms with E-state index in [2.05, 4.69) is 4.90 Å². The van der Waals surface area contributed by atoms with Gasteiger partial charge in [0.2, 0.25) is 0 Å². The highest BCUT2D eigenvalue weighted by Crippen LogP contribution is 2.38. The Balaban J connectivity index is 1.26. The van der Waals surface area contributed by atoms with E-state index in [0.717, 1.165) is 61.0 Å². The summed E-state index contributed by atoms with van der Waals surface area (Å²) in [6, 6.07) is 13.7. The third kappa shape index (κ3) is 5.48. The van der Waals surface area contributed by atoms with E-state index in [9.17, 15) is 5.11 Å². The fourth-order valence-corrected chi connectivity index (χ4v) is 4.93. The summed E-state index contributed by atoms with van der Waals surface area (Å²) in [7, 11) is 1.67. The van der Waals surface area contributed by atoms with Crippen LogP contribution in [0, 0.1) is 18.8 Å². The van der Waals surface area contributed by atoms with Gasteiger partial charge in [-0.05, 0) is 80.5 Å². The number of methoxy groups -OCH3 is 1. The second-order valence-corrected chi connectivity index (χ2v) is 8.88. The predicted octanol–water partition coefficient (Wildman–Crippen LogP) is 3.93. The molecule has 6 nitrogen and oxygen atoms in total. The summed E-state index contributed by atoms with van der Waals surface area (Å²) in [5.74, 6) is 4.23. The first-order valence-corrected chi connectivity index (χ1v) is 11.6. The molecule has 2 aliphatic rings. The minimum absolute atomic E-state index is 0.165. The highest BCUT2D eigenvalue weighted by atomic mass is 16.5. The van der Waals surface area contributed by atoms with E-state index in [4.69, 9.17) is 18.9 Å². The van der Waals surface area contributed by atoms with Gasteiger partial charge in [-0.1, -0.05) is 6.07 Å². The summed E-state index contributed by atoms with van der Waals surface area (Å²) >= 11 is 0. The van der Waals surface area contributed by atoms with Crippen molar-refractivity contribution >= 4 is 0 Å². The van der Waals surface area contributed by atoms with Gasteiger partial charge in [0.15, 0.2) is 11.5 Å². The number of hydrogen-bond donors (Lipinski definition) is 1. The van der Waals surface area contributed by atoms with Crippen molar-refractivity contribution in [3.63, 3.8) is 0 Å². The maximum atomic E-state index is 10.7. The number of benzene rings is 2. The molecule has 1 N–H and O–H groups in total. The molecule has 4 rings (SSSR count). The molecule has 0 spiro atoms. The lowest BCUT2D eigenvalue weighted by atomic mass is 9.78. The number of rotatable bonds is 9. The quantitative estimate of drug-likeness (QED) is 0.636. The second-order valence-electron chi connectivity index (χ2n) is 8.88. The van der Waals surface area contributed by atoms with Gasteiger partial charge in [-0.2, -0.15) is 0 Å². The average Bonchev–Trinajstić information content (AvgIpc) is 3.17. The van der Waals surface area contributed by atoms with Crippen LogP contribution >= 0.6 is 0 Å². The monoisotopic (exact) mass is 441 g/mol. The Morgan fingerprint density at radius 1 is 0.938 bits per heavy atom. The molecule has 4 atom stereocenters. The summed E-state index contributed by atoms with van der Waals surface area (Å²) in [5, 5.41) is 10.7. The van der Waals surface area contributed by atoms with E-state index in [1.807, 2.05) is 56.3 Å². The first kappa shape index (κ1) is 22.7. The van der Waals surface area contributed by atoms with E-state index >= 15 is 0 Å². The number of hydrogen-bond acceptors (Lipinski definition) is 6. The highest BCUT2D eigenvalue weighted by molar-refractivity contribution is 5.42. The molecule has 1 heterocycles. The minimum Gasteiger partial charge on any atom is -0.494 e. The number of nitrogens with zero attached hydrogens (tertiary/aromatic N) is 1. The van der Waals surface area contributed by atoms with Gasteiger partial charge in [0.25, 0.3) is 0 Å². The molecular weight excluding hydrogens is 406 g/mol. The summed E-state index contributed by atoms with van der Waals surface area (Å²) in [6.07, 6.45) is 1.07. The molecule has 0 radical (unpaired) electrons. The van der Waals surface area contributed by atoms with Crippen molar-refractivity contribution in [1.82, 2.24) is 4.90 Å². The van der Waals surface area contributed by atoms with Crippen molar-refractivity contribution in [1.29, 1.82) is 0 Å². The molecule has 2 fully saturated rings. The van der Waals surface area contributed by atoms with Crippen LogP contribution in [-0.4, -0.2) is 62.2 Å². The first-order valence-electron chi connectivity index (χ1n) is 11.6. The lowest BCUT2D eigenvalue weighted by Crippen LogP contribution is -2.42. The summed E-state index contributed by atoms with van der Waals surface area (Å²) in [6.45, 7) is 8.17.